The summed E-state index contributed by atoms with van der Waals surface area (Å²) in [6, 6.07) is 15.2. The van der Waals surface area contributed by atoms with Crippen molar-refractivity contribution < 1.29 is 28.9 Å². The third-order valence-corrected chi connectivity index (χ3v) is 6.34. The van der Waals surface area contributed by atoms with Gasteiger partial charge < -0.3 is 19.8 Å². The van der Waals surface area contributed by atoms with Crippen molar-refractivity contribution >= 4 is 17.4 Å². The maximum atomic E-state index is 13.3. The monoisotopic (exact) mass is 489 g/mol. The van der Waals surface area contributed by atoms with E-state index in [9.17, 15) is 24.2 Å². The summed E-state index contributed by atoms with van der Waals surface area (Å²) in [6.07, 6.45) is 0.379. The number of phenols is 1. The Morgan fingerprint density at radius 1 is 1.03 bits per heavy atom. The van der Waals surface area contributed by atoms with E-state index in [-0.39, 0.29) is 35.2 Å². The predicted octanol–water partition coefficient (Wildman–Crippen LogP) is 5.21. The summed E-state index contributed by atoms with van der Waals surface area (Å²) in [7, 11) is 0. The maximum Gasteiger partial charge on any atom is 0.295 e. The summed E-state index contributed by atoms with van der Waals surface area (Å²) >= 11 is 0. The zero-order chi connectivity index (χ0) is 26.0. The van der Waals surface area contributed by atoms with Gasteiger partial charge in [-0.3, -0.25) is 9.59 Å². The number of benzene rings is 3. The van der Waals surface area contributed by atoms with Gasteiger partial charge in [-0.05, 0) is 74.2 Å². The van der Waals surface area contributed by atoms with Crippen molar-refractivity contribution in [1.29, 1.82) is 0 Å². The average Bonchev–Trinajstić information content (AvgIpc) is 3.11. The summed E-state index contributed by atoms with van der Waals surface area (Å²) in [6.45, 7) is 5.95. The fraction of sp³-hybridized carbons (Fsp3) is 0.241. The number of phenolic OH excluding ortho intramolecular Hbond substituents is 1. The van der Waals surface area contributed by atoms with Crippen LogP contribution in [0.25, 0.3) is 5.76 Å². The van der Waals surface area contributed by atoms with E-state index in [1.807, 2.05) is 26.0 Å². The second-order valence-electron chi connectivity index (χ2n) is 8.85. The summed E-state index contributed by atoms with van der Waals surface area (Å²) in [5.41, 5.74) is 3.41. The highest BCUT2D eigenvalue weighted by Gasteiger charge is 2.46. The van der Waals surface area contributed by atoms with Gasteiger partial charge in [-0.15, -0.1) is 0 Å². The van der Waals surface area contributed by atoms with E-state index in [0.717, 1.165) is 16.7 Å². The molecule has 0 aliphatic carbocycles. The van der Waals surface area contributed by atoms with Crippen LogP contribution in [0.15, 0.2) is 66.2 Å². The lowest BCUT2D eigenvalue weighted by atomic mass is 9.93. The molecule has 3 aromatic carbocycles. The van der Waals surface area contributed by atoms with Crippen molar-refractivity contribution in [1.82, 2.24) is 4.90 Å². The van der Waals surface area contributed by atoms with Gasteiger partial charge in [0.15, 0.2) is 11.5 Å². The molecule has 0 aromatic heterocycles. The van der Waals surface area contributed by atoms with Crippen LogP contribution in [0.4, 0.5) is 4.39 Å². The van der Waals surface area contributed by atoms with E-state index in [0.29, 0.717) is 24.2 Å². The molecule has 3 aromatic rings. The predicted molar refractivity (Wildman–Crippen MR) is 134 cm³/mol. The molecule has 1 aliphatic heterocycles. The molecule has 6 nitrogen and oxygen atoms in total. The van der Waals surface area contributed by atoms with Gasteiger partial charge in [0.2, 0.25) is 0 Å². The van der Waals surface area contributed by atoms with Crippen molar-refractivity contribution in [2.45, 2.75) is 33.2 Å². The first-order valence-electron chi connectivity index (χ1n) is 11.8. The minimum atomic E-state index is -0.898. The number of carbonyl (C=O) groups excluding carboxylic acids is 2. The lowest BCUT2D eigenvalue weighted by Gasteiger charge is -2.26. The van der Waals surface area contributed by atoms with Crippen LogP contribution < -0.4 is 4.74 Å². The molecule has 4 rings (SSSR count). The van der Waals surface area contributed by atoms with Crippen molar-refractivity contribution in [3.05, 3.63) is 99.9 Å². The van der Waals surface area contributed by atoms with Gasteiger partial charge in [-0.1, -0.05) is 35.9 Å². The van der Waals surface area contributed by atoms with E-state index < -0.39 is 17.7 Å². The Hall–Kier alpha value is -4.13. The highest BCUT2D eigenvalue weighted by atomic mass is 19.1. The Kier molecular flexibility index (Phi) is 7.10. The first-order chi connectivity index (χ1) is 17.2. The highest BCUT2D eigenvalue weighted by Crippen LogP contribution is 2.42. The van der Waals surface area contributed by atoms with Crippen LogP contribution in [0.3, 0.4) is 0 Å². The van der Waals surface area contributed by atoms with Crippen LogP contribution in [0, 0.1) is 19.7 Å². The van der Waals surface area contributed by atoms with Crippen LogP contribution in [-0.2, 0) is 16.0 Å². The fourth-order valence-electron chi connectivity index (χ4n) is 4.47. The highest BCUT2D eigenvalue weighted by molar-refractivity contribution is 6.46. The summed E-state index contributed by atoms with van der Waals surface area (Å²) in [5, 5.41) is 21.6. The molecule has 0 bridgehead atoms. The van der Waals surface area contributed by atoms with Crippen LogP contribution in [-0.4, -0.2) is 40.0 Å². The molecule has 2 N–H and O–H groups in total. The lowest BCUT2D eigenvalue weighted by Crippen LogP contribution is -2.31. The molecule has 1 aliphatic rings. The van der Waals surface area contributed by atoms with Gasteiger partial charge in [0, 0.05) is 12.1 Å². The Bertz CT molecular complexity index is 1350. The number of carbonyl (C=O) groups is 2. The zero-order valence-electron chi connectivity index (χ0n) is 20.4. The summed E-state index contributed by atoms with van der Waals surface area (Å²) in [5.74, 6) is -2.00. The number of ketones is 1. The van der Waals surface area contributed by atoms with Crippen LogP contribution in [0.2, 0.25) is 0 Å². The first-order valence-corrected chi connectivity index (χ1v) is 11.8. The van der Waals surface area contributed by atoms with Gasteiger partial charge in [-0.2, -0.15) is 0 Å². The number of hydrogen-bond donors (Lipinski definition) is 2. The quantitative estimate of drug-likeness (QED) is 0.270. The molecule has 36 heavy (non-hydrogen) atoms. The number of nitrogens with zero attached hydrogens (tertiary/aromatic N) is 1. The van der Waals surface area contributed by atoms with Gasteiger partial charge in [-0.25, -0.2) is 4.39 Å². The van der Waals surface area contributed by atoms with E-state index in [4.69, 9.17) is 4.74 Å². The number of halogens is 1. The Morgan fingerprint density at radius 3 is 2.44 bits per heavy atom. The number of aliphatic hydroxyl groups excluding tert-OH is 1. The molecule has 1 unspecified atom stereocenters. The van der Waals surface area contributed by atoms with Gasteiger partial charge in [0.25, 0.3) is 11.7 Å². The Balaban J connectivity index is 1.84. The Labute approximate surface area is 209 Å². The molecule has 1 fully saturated rings. The molecule has 0 saturated carbocycles. The molecule has 186 valence electrons. The number of amides is 1. The lowest BCUT2D eigenvalue weighted by molar-refractivity contribution is -0.139. The molecule has 7 heteroatoms. The number of ether oxygens (including phenoxy) is 1. The summed E-state index contributed by atoms with van der Waals surface area (Å²) < 4.78 is 18.9. The number of Topliss-reactive ketones (excluding diaryl/α,β-unsaturated/α-hetero) is 1. The molecular formula is C29H28FNO5. The second kappa shape index (κ2) is 10.2. The van der Waals surface area contributed by atoms with Crippen molar-refractivity contribution in [2.24, 2.45) is 0 Å². The van der Waals surface area contributed by atoms with Crippen LogP contribution in [0.5, 0.6) is 11.5 Å². The topological polar surface area (TPSA) is 87.1 Å². The second-order valence-corrected chi connectivity index (χ2v) is 8.85. The average molecular weight is 490 g/mol. The van der Waals surface area contributed by atoms with Crippen LogP contribution in [0.1, 0.15) is 40.8 Å². The minimum Gasteiger partial charge on any atom is -0.507 e. The van der Waals surface area contributed by atoms with Gasteiger partial charge in [0.1, 0.15) is 11.6 Å². The molecular weight excluding hydrogens is 461 g/mol. The van der Waals surface area contributed by atoms with Crippen molar-refractivity contribution in [3.63, 3.8) is 0 Å². The third kappa shape index (κ3) is 4.82. The number of likely N-dealkylation sites (tertiary alicyclic amines) is 1. The largest absolute Gasteiger partial charge is 0.507 e. The standard InChI is InChI=1S/C29H28FNO5/c1-4-36-24-16-20(9-12-23(24)32)26-25(27(33)22-15-17(2)5-6-18(22)3)28(34)29(35)31(26)14-13-19-7-10-21(30)11-8-19/h5-12,15-16,26,32-33H,4,13-14H2,1-3H3/b27-25+. The number of rotatable bonds is 7. The smallest absolute Gasteiger partial charge is 0.295 e. The normalized spacial score (nSPS) is 17.0. The molecule has 1 amide bonds. The van der Waals surface area contributed by atoms with Crippen molar-refractivity contribution in [3.8, 4) is 11.5 Å². The fourth-order valence-corrected chi connectivity index (χ4v) is 4.47. The third-order valence-electron chi connectivity index (χ3n) is 6.34. The number of aromatic hydroxyl groups is 1. The van der Waals surface area contributed by atoms with E-state index in [2.05, 4.69) is 0 Å². The first kappa shape index (κ1) is 25.0. The van der Waals surface area contributed by atoms with Crippen LogP contribution >= 0.6 is 0 Å². The zero-order valence-corrected chi connectivity index (χ0v) is 20.4. The summed E-state index contributed by atoms with van der Waals surface area (Å²) in [4.78, 5) is 27.9. The van der Waals surface area contributed by atoms with E-state index in [1.54, 1.807) is 37.3 Å². The van der Waals surface area contributed by atoms with Gasteiger partial charge >= 0.3 is 0 Å². The number of hydrogen-bond acceptors (Lipinski definition) is 5. The molecule has 1 atom stereocenters. The minimum absolute atomic E-state index is 0.0269. The Morgan fingerprint density at radius 2 is 1.75 bits per heavy atom. The number of aliphatic hydroxyl groups is 1. The molecule has 1 heterocycles. The van der Waals surface area contributed by atoms with E-state index >= 15 is 0 Å². The molecule has 0 radical (unpaired) electrons. The number of aryl methyl sites for hydroxylation is 2. The molecule has 0 spiro atoms. The SMILES string of the molecule is CCOc1cc(C2/C(=C(\O)c3cc(C)ccc3C)C(=O)C(=O)N2CCc2ccc(F)cc2)ccc1O. The maximum absolute atomic E-state index is 13.3. The van der Waals surface area contributed by atoms with Crippen molar-refractivity contribution in [2.75, 3.05) is 13.2 Å². The van der Waals surface area contributed by atoms with Gasteiger partial charge in [0.05, 0.1) is 18.2 Å². The van der Waals surface area contributed by atoms with E-state index in [1.165, 1.54) is 23.1 Å². The molecule has 1 saturated heterocycles.